The summed E-state index contributed by atoms with van der Waals surface area (Å²) in [5.74, 6) is 0.549. The van der Waals surface area contributed by atoms with Gasteiger partial charge in [0.1, 0.15) is 17.4 Å². The summed E-state index contributed by atoms with van der Waals surface area (Å²) < 4.78 is 5.12. The second-order valence-corrected chi connectivity index (χ2v) is 5.68. The molecular weight excluding hydrogens is 290 g/mol. The summed E-state index contributed by atoms with van der Waals surface area (Å²) in [5, 5.41) is 15.1. The summed E-state index contributed by atoms with van der Waals surface area (Å²) >= 11 is 0. The molecule has 5 nitrogen and oxygen atoms in total. The zero-order valence-corrected chi connectivity index (χ0v) is 13.5. The third kappa shape index (κ3) is 5.33. The van der Waals surface area contributed by atoms with E-state index in [1.54, 1.807) is 7.11 Å². The van der Waals surface area contributed by atoms with Crippen molar-refractivity contribution >= 4 is 5.91 Å². The molecule has 2 N–H and O–H groups in total. The highest BCUT2D eigenvalue weighted by molar-refractivity contribution is 5.97. The molecule has 5 heteroatoms. The van der Waals surface area contributed by atoms with Crippen LogP contribution >= 0.6 is 0 Å². The van der Waals surface area contributed by atoms with Crippen molar-refractivity contribution < 1.29 is 9.53 Å². The van der Waals surface area contributed by atoms with Crippen molar-refractivity contribution in [2.24, 2.45) is 0 Å². The molecule has 1 saturated carbocycles. The minimum absolute atomic E-state index is 0.131. The van der Waals surface area contributed by atoms with Crippen LogP contribution in [-0.2, 0) is 11.2 Å². The zero-order chi connectivity index (χ0) is 16.5. The fourth-order valence-electron chi connectivity index (χ4n) is 2.66. The molecule has 0 aliphatic heterocycles. The van der Waals surface area contributed by atoms with Gasteiger partial charge in [0.05, 0.1) is 7.11 Å². The third-order valence-corrected chi connectivity index (χ3v) is 4.02. The van der Waals surface area contributed by atoms with Crippen LogP contribution in [0.2, 0.25) is 0 Å². The van der Waals surface area contributed by atoms with Gasteiger partial charge in [-0.25, -0.2) is 0 Å². The first-order valence-corrected chi connectivity index (χ1v) is 8.00. The van der Waals surface area contributed by atoms with Crippen LogP contribution in [-0.4, -0.2) is 25.6 Å². The average Bonchev–Trinajstić information content (AvgIpc) is 3.08. The maximum Gasteiger partial charge on any atom is 0.263 e. The van der Waals surface area contributed by atoms with E-state index >= 15 is 0 Å². The molecular formula is C18H23N3O2. The Morgan fingerprint density at radius 3 is 2.65 bits per heavy atom. The molecule has 1 fully saturated rings. The van der Waals surface area contributed by atoms with Crippen LogP contribution in [0.5, 0.6) is 5.75 Å². The van der Waals surface area contributed by atoms with Gasteiger partial charge in [0.2, 0.25) is 0 Å². The van der Waals surface area contributed by atoms with Crippen LogP contribution in [0.3, 0.4) is 0 Å². The van der Waals surface area contributed by atoms with E-state index in [1.165, 1.54) is 11.8 Å². The van der Waals surface area contributed by atoms with E-state index in [1.807, 2.05) is 30.3 Å². The second-order valence-electron chi connectivity index (χ2n) is 5.68. The molecule has 23 heavy (non-hydrogen) atoms. The molecule has 0 saturated heterocycles. The number of hydrogen-bond acceptors (Lipinski definition) is 4. The quantitative estimate of drug-likeness (QED) is 0.460. The smallest absolute Gasteiger partial charge is 0.263 e. The fourth-order valence-corrected chi connectivity index (χ4v) is 2.66. The number of methoxy groups -OCH3 is 1. The summed E-state index contributed by atoms with van der Waals surface area (Å²) in [6.07, 6.45) is 6.63. The van der Waals surface area contributed by atoms with Crippen molar-refractivity contribution in [1.82, 2.24) is 10.6 Å². The van der Waals surface area contributed by atoms with E-state index in [2.05, 4.69) is 10.6 Å². The zero-order valence-electron chi connectivity index (χ0n) is 13.5. The molecule has 0 unspecified atom stereocenters. The van der Waals surface area contributed by atoms with Crippen LogP contribution in [0.15, 0.2) is 36.0 Å². The van der Waals surface area contributed by atoms with Gasteiger partial charge in [-0.1, -0.05) is 25.0 Å². The first-order valence-electron chi connectivity index (χ1n) is 8.00. The Balaban J connectivity index is 1.77. The lowest BCUT2D eigenvalue weighted by molar-refractivity contribution is -0.117. The van der Waals surface area contributed by atoms with E-state index in [4.69, 9.17) is 10.00 Å². The molecule has 1 aliphatic rings. The molecule has 1 amide bonds. The molecule has 1 aromatic carbocycles. The first-order chi connectivity index (χ1) is 11.2. The Bertz CT molecular complexity index is 581. The standard InChI is InChI=1S/C18H23N3O2/c1-23-17-8-6-14(7-9-17)10-11-20-13-15(12-19)18(22)21-16-4-2-3-5-16/h6-9,13,16,20H,2-5,10-11H2,1H3,(H,21,22)/b15-13-. The van der Waals surface area contributed by atoms with Gasteiger partial charge in [-0.3, -0.25) is 4.79 Å². The van der Waals surface area contributed by atoms with Crippen LogP contribution in [0.1, 0.15) is 31.2 Å². The van der Waals surface area contributed by atoms with Crippen LogP contribution in [0.25, 0.3) is 0 Å². The number of rotatable bonds is 7. The molecule has 2 rings (SSSR count). The number of nitriles is 1. The highest BCUT2D eigenvalue weighted by Gasteiger charge is 2.19. The van der Waals surface area contributed by atoms with Crippen molar-refractivity contribution in [3.8, 4) is 11.8 Å². The summed E-state index contributed by atoms with van der Waals surface area (Å²) in [7, 11) is 1.64. The molecule has 0 aromatic heterocycles. The van der Waals surface area contributed by atoms with Gasteiger partial charge in [0.15, 0.2) is 0 Å². The van der Waals surface area contributed by atoms with Crippen molar-refractivity contribution in [3.63, 3.8) is 0 Å². The normalized spacial score (nSPS) is 15.0. The Hall–Kier alpha value is -2.48. The van der Waals surface area contributed by atoms with Crippen molar-refractivity contribution in [1.29, 1.82) is 5.26 Å². The van der Waals surface area contributed by atoms with Crippen molar-refractivity contribution in [3.05, 3.63) is 41.6 Å². The second kappa shape index (κ2) is 8.84. The Kier molecular flexibility index (Phi) is 6.49. The predicted octanol–water partition coefficient (Wildman–Crippen LogP) is 2.29. The minimum Gasteiger partial charge on any atom is -0.497 e. The Labute approximate surface area is 137 Å². The van der Waals surface area contributed by atoms with Gasteiger partial charge < -0.3 is 15.4 Å². The lowest BCUT2D eigenvalue weighted by Crippen LogP contribution is -2.34. The van der Waals surface area contributed by atoms with E-state index in [9.17, 15) is 4.79 Å². The topological polar surface area (TPSA) is 74.1 Å². The average molecular weight is 313 g/mol. The largest absolute Gasteiger partial charge is 0.497 e. The van der Waals surface area contributed by atoms with Crippen molar-refractivity contribution in [2.45, 2.75) is 38.1 Å². The molecule has 0 heterocycles. The number of nitrogens with one attached hydrogen (secondary N) is 2. The molecule has 1 aromatic rings. The number of amides is 1. The summed E-state index contributed by atoms with van der Waals surface area (Å²) in [6.45, 7) is 0.661. The predicted molar refractivity (Wildman–Crippen MR) is 88.8 cm³/mol. The van der Waals surface area contributed by atoms with Crippen LogP contribution in [0.4, 0.5) is 0 Å². The van der Waals surface area contributed by atoms with E-state index in [-0.39, 0.29) is 17.5 Å². The van der Waals surface area contributed by atoms with E-state index in [0.29, 0.717) is 6.54 Å². The summed E-state index contributed by atoms with van der Waals surface area (Å²) in [4.78, 5) is 12.0. The summed E-state index contributed by atoms with van der Waals surface area (Å²) in [6, 6.07) is 10.0. The summed E-state index contributed by atoms with van der Waals surface area (Å²) in [5.41, 5.74) is 1.30. The molecule has 0 spiro atoms. The van der Waals surface area contributed by atoms with Gasteiger partial charge in [-0.2, -0.15) is 5.26 Å². The number of ether oxygens (including phenoxy) is 1. The van der Waals surface area contributed by atoms with Gasteiger partial charge in [-0.05, 0) is 37.0 Å². The SMILES string of the molecule is COc1ccc(CCN/C=C(/C#N)C(=O)NC2CCCC2)cc1. The van der Waals surface area contributed by atoms with E-state index in [0.717, 1.165) is 37.9 Å². The highest BCUT2D eigenvalue weighted by atomic mass is 16.5. The molecule has 0 atom stereocenters. The fraction of sp³-hybridized carbons (Fsp3) is 0.444. The van der Waals surface area contributed by atoms with Crippen LogP contribution < -0.4 is 15.4 Å². The Morgan fingerprint density at radius 2 is 2.04 bits per heavy atom. The van der Waals surface area contributed by atoms with Crippen molar-refractivity contribution in [2.75, 3.05) is 13.7 Å². The van der Waals surface area contributed by atoms with Gasteiger partial charge in [-0.15, -0.1) is 0 Å². The maximum absolute atomic E-state index is 12.0. The van der Waals surface area contributed by atoms with E-state index < -0.39 is 0 Å². The Morgan fingerprint density at radius 1 is 1.35 bits per heavy atom. The van der Waals surface area contributed by atoms with Gasteiger partial charge >= 0.3 is 0 Å². The monoisotopic (exact) mass is 313 g/mol. The number of hydrogen-bond donors (Lipinski definition) is 2. The van der Waals surface area contributed by atoms with Gasteiger partial charge in [0.25, 0.3) is 5.91 Å². The number of benzene rings is 1. The molecule has 0 radical (unpaired) electrons. The first kappa shape index (κ1) is 16.9. The number of carbonyl (C=O) groups excluding carboxylic acids is 1. The lowest BCUT2D eigenvalue weighted by Gasteiger charge is -2.11. The third-order valence-electron chi connectivity index (χ3n) is 4.02. The number of carbonyl (C=O) groups is 1. The minimum atomic E-state index is -0.281. The lowest BCUT2D eigenvalue weighted by atomic mass is 10.1. The molecule has 0 bridgehead atoms. The molecule has 122 valence electrons. The highest BCUT2D eigenvalue weighted by Crippen LogP contribution is 2.17. The van der Waals surface area contributed by atoms with Gasteiger partial charge in [0, 0.05) is 18.8 Å². The molecule has 1 aliphatic carbocycles. The maximum atomic E-state index is 12.0. The van der Waals surface area contributed by atoms with Crippen LogP contribution in [0, 0.1) is 11.3 Å². The number of nitrogens with zero attached hydrogens (tertiary/aromatic N) is 1.